The van der Waals surface area contributed by atoms with Gasteiger partial charge in [0, 0.05) is 23.7 Å². The maximum atomic E-state index is 4.60. The SMILES string of the molecule is Cc1ccn2cc(CSc3nc4ccccc4[nH]3)cc2c1. The molecule has 104 valence electrons. The summed E-state index contributed by atoms with van der Waals surface area (Å²) in [6, 6.07) is 14.7. The fourth-order valence-corrected chi connectivity index (χ4v) is 3.31. The van der Waals surface area contributed by atoms with Crippen LogP contribution in [-0.4, -0.2) is 14.4 Å². The number of aryl methyl sites for hydroxylation is 1. The minimum absolute atomic E-state index is 0.917. The summed E-state index contributed by atoms with van der Waals surface area (Å²) in [6.45, 7) is 2.12. The van der Waals surface area contributed by atoms with Crippen molar-refractivity contribution in [3.63, 3.8) is 0 Å². The molecule has 3 nitrogen and oxygen atoms in total. The number of rotatable bonds is 3. The molecule has 0 amide bonds. The molecule has 1 aromatic carbocycles. The van der Waals surface area contributed by atoms with E-state index in [1.54, 1.807) is 11.8 Å². The van der Waals surface area contributed by atoms with E-state index in [2.05, 4.69) is 58.0 Å². The van der Waals surface area contributed by atoms with Crippen molar-refractivity contribution in [3.8, 4) is 0 Å². The second-order valence-electron chi connectivity index (χ2n) is 5.23. The molecule has 0 aliphatic rings. The minimum Gasteiger partial charge on any atom is -0.333 e. The van der Waals surface area contributed by atoms with Crippen molar-refractivity contribution in [1.82, 2.24) is 14.4 Å². The van der Waals surface area contributed by atoms with Crippen LogP contribution in [-0.2, 0) is 5.75 Å². The maximum Gasteiger partial charge on any atom is 0.166 e. The molecule has 0 saturated heterocycles. The molecule has 0 unspecified atom stereocenters. The van der Waals surface area contributed by atoms with Crippen LogP contribution in [0.5, 0.6) is 0 Å². The van der Waals surface area contributed by atoms with E-state index in [4.69, 9.17) is 0 Å². The van der Waals surface area contributed by atoms with Gasteiger partial charge in [-0.15, -0.1) is 0 Å². The lowest BCUT2D eigenvalue weighted by molar-refractivity contribution is 1.08. The number of fused-ring (bicyclic) bond motifs is 2. The van der Waals surface area contributed by atoms with Crippen LogP contribution < -0.4 is 0 Å². The number of H-pyrrole nitrogens is 1. The van der Waals surface area contributed by atoms with Crippen LogP contribution in [0.1, 0.15) is 11.1 Å². The number of hydrogen-bond donors (Lipinski definition) is 1. The molecule has 0 aliphatic carbocycles. The summed E-state index contributed by atoms with van der Waals surface area (Å²) in [4.78, 5) is 7.95. The number of aromatic nitrogens is 3. The Balaban J connectivity index is 1.57. The molecule has 0 fully saturated rings. The summed E-state index contributed by atoms with van der Waals surface area (Å²) in [7, 11) is 0. The van der Waals surface area contributed by atoms with Gasteiger partial charge in [0.1, 0.15) is 0 Å². The van der Waals surface area contributed by atoms with Gasteiger partial charge < -0.3 is 9.38 Å². The van der Waals surface area contributed by atoms with E-state index in [-0.39, 0.29) is 0 Å². The molecule has 1 N–H and O–H groups in total. The Morgan fingerprint density at radius 2 is 2.10 bits per heavy atom. The number of aromatic amines is 1. The predicted octanol–water partition coefficient (Wildman–Crippen LogP) is 4.42. The normalized spacial score (nSPS) is 11.5. The monoisotopic (exact) mass is 293 g/mol. The lowest BCUT2D eigenvalue weighted by Crippen LogP contribution is -1.81. The zero-order chi connectivity index (χ0) is 14.2. The fraction of sp³-hybridized carbons (Fsp3) is 0.118. The number of pyridine rings is 1. The third kappa shape index (κ3) is 2.43. The number of nitrogens with one attached hydrogen (secondary N) is 1. The molecule has 21 heavy (non-hydrogen) atoms. The van der Waals surface area contributed by atoms with Crippen molar-refractivity contribution in [2.75, 3.05) is 0 Å². The van der Waals surface area contributed by atoms with Gasteiger partial charge in [0.15, 0.2) is 5.16 Å². The molecular formula is C17H15N3S. The lowest BCUT2D eigenvalue weighted by Gasteiger charge is -1.94. The van der Waals surface area contributed by atoms with Crippen LogP contribution in [0, 0.1) is 6.92 Å². The second-order valence-corrected chi connectivity index (χ2v) is 6.20. The number of benzene rings is 1. The smallest absolute Gasteiger partial charge is 0.166 e. The number of nitrogens with zero attached hydrogens (tertiary/aromatic N) is 2. The van der Waals surface area contributed by atoms with Gasteiger partial charge in [-0.2, -0.15) is 0 Å². The molecule has 4 heteroatoms. The van der Waals surface area contributed by atoms with E-state index >= 15 is 0 Å². The van der Waals surface area contributed by atoms with Gasteiger partial charge in [-0.3, -0.25) is 0 Å². The first-order valence-corrected chi connectivity index (χ1v) is 7.91. The van der Waals surface area contributed by atoms with E-state index in [0.717, 1.165) is 21.9 Å². The Morgan fingerprint density at radius 1 is 1.19 bits per heavy atom. The summed E-state index contributed by atoms with van der Waals surface area (Å²) in [6.07, 6.45) is 4.30. The van der Waals surface area contributed by atoms with E-state index in [9.17, 15) is 0 Å². The fourth-order valence-electron chi connectivity index (χ4n) is 2.51. The largest absolute Gasteiger partial charge is 0.333 e. The molecule has 0 bridgehead atoms. The van der Waals surface area contributed by atoms with Crippen molar-refractivity contribution in [1.29, 1.82) is 0 Å². The predicted molar refractivity (Wildman–Crippen MR) is 87.8 cm³/mol. The van der Waals surface area contributed by atoms with Gasteiger partial charge in [0.2, 0.25) is 0 Å². The van der Waals surface area contributed by atoms with Crippen LogP contribution in [0.25, 0.3) is 16.6 Å². The number of para-hydroxylation sites is 2. The van der Waals surface area contributed by atoms with Crippen LogP contribution in [0.4, 0.5) is 0 Å². The van der Waals surface area contributed by atoms with Crippen molar-refractivity contribution in [3.05, 3.63) is 66.0 Å². The maximum absolute atomic E-state index is 4.60. The lowest BCUT2D eigenvalue weighted by atomic mass is 10.3. The van der Waals surface area contributed by atoms with Gasteiger partial charge in [0.05, 0.1) is 11.0 Å². The number of imidazole rings is 1. The van der Waals surface area contributed by atoms with Crippen molar-refractivity contribution in [2.45, 2.75) is 17.8 Å². The quantitative estimate of drug-likeness (QED) is 0.567. The first-order valence-electron chi connectivity index (χ1n) is 6.93. The molecule has 0 saturated carbocycles. The highest BCUT2D eigenvalue weighted by Crippen LogP contribution is 2.24. The molecule has 0 aliphatic heterocycles. The van der Waals surface area contributed by atoms with E-state index in [1.165, 1.54) is 16.6 Å². The molecular weight excluding hydrogens is 278 g/mol. The number of thioether (sulfide) groups is 1. The molecule has 4 rings (SSSR count). The highest BCUT2D eigenvalue weighted by atomic mass is 32.2. The summed E-state index contributed by atoms with van der Waals surface area (Å²) in [5, 5.41) is 0.975. The summed E-state index contributed by atoms with van der Waals surface area (Å²) in [5.41, 5.74) is 5.97. The van der Waals surface area contributed by atoms with Gasteiger partial charge in [-0.05, 0) is 48.4 Å². The average Bonchev–Trinajstić information content (AvgIpc) is 3.07. The standard InChI is InChI=1S/C17H15N3S/c1-12-6-7-20-10-13(9-14(20)8-12)11-21-17-18-15-4-2-3-5-16(15)19-17/h2-10H,11H2,1H3,(H,18,19). The van der Waals surface area contributed by atoms with E-state index in [1.807, 2.05) is 18.2 Å². The second kappa shape index (κ2) is 4.97. The first-order chi connectivity index (χ1) is 10.3. The third-order valence-electron chi connectivity index (χ3n) is 3.55. The Labute approximate surface area is 127 Å². The van der Waals surface area contributed by atoms with Gasteiger partial charge in [-0.25, -0.2) is 4.98 Å². The van der Waals surface area contributed by atoms with Crippen LogP contribution >= 0.6 is 11.8 Å². The summed E-state index contributed by atoms with van der Waals surface area (Å²) < 4.78 is 2.17. The molecule has 3 heterocycles. The molecule has 0 atom stereocenters. The third-order valence-corrected chi connectivity index (χ3v) is 4.50. The Hall–Kier alpha value is -2.20. The van der Waals surface area contributed by atoms with Gasteiger partial charge >= 0.3 is 0 Å². The molecule has 4 aromatic rings. The van der Waals surface area contributed by atoms with Gasteiger partial charge in [-0.1, -0.05) is 23.9 Å². The first kappa shape index (κ1) is 12.5. The van der Waals surface area contributed by atoms with Crippen molar-refractivity contribution < 1.29 is 0 Å². The van der Waals surface area contributed by atoms with E-state index in [0.29, 0.717) is 0 Å². The molecule has 3 aromatic heterocycles. The Morgan fingerprint density at radius 3 is 3.00 bits per heavy atom. The number of hydrogen-bond acceptors (Lipinski definition) is 2. The summed E-state index contributed by atoms with van der Waals surface area (Å²) in [5.74, 6) is 0.917. The molecule has 0 spiro atoms. The Kier molecular flexibility index (Phi) is 2.97. The summed E-state index contributed by atoms with van der Waals surface area (Å²) >= 11 is 1.74. The van der Waals surface area contributed by atoms with Crippen LogP contribution in [0.3, 0.4) is 0 Å². The highest BCUT2D eigenvalue weighted by Gasteiger charge is 2.05. The molecule has 0 radical (unpaired) electrons. The average molecular weight is 293 g/mol. The Bertz CT molecular complexity index is 887. The minimum atomic E-state index is 0.917. The zero-order valence-electron chi connectivity index (χ0n) is 11.7. The van der Waals surface area contributed by atoms with Crippen molar-refractivity contribution in [2.24, 2.45) is 0 Å². The zero-order valence-corrected chi connectivity index (χ0v) is 12.5. The van der Waals surface area contributed by atoms with Crippen LogP contribution in [0.2, 0.25) is 0 Å². The van der Waals surface area contributed by atoms with Crippen molar-refractivity contribution >= 4 is 28.3 Å². The van der Waals surface area contributed by atoms with Crippen LogP contribution in [0.15, 0.2) is 60.0 Å². The van der Waals surface area contributed by atoms with Gasteiger partial charge in [0.25, 0.3) is 0 Å². The highest BCUT2D eigenvalue weighted by molar-refractivity contribution is 7.98. The van der Waals surface area contributed by atoms with E-state index < -0.39 is 0 Å². The topological polar surface area (TPSA) is 33.1 Å².